The first-order chi connectivity index (χ1) is 14.3. The second kappa shape index (κ2) is 8.16. The van der Waals surface area contributed by atoms with Crippen LogP contribution in [-0.2, 0) is 22.9 Å². The Morgan fingerprint density at radius 3 is 2.57 bits per heavy atom. The lowest BCUT2D eigenvalue weighted by atomic mass is 9.91. The summed E-state index contributed by atoms with van der Waals surface area (Å²) in [7, 11) is -3.41. The van der Waals surface area contributed by atoms with Gasteiger partial charge in [-0.2, -0.15) is 0 Å². The van der Waals surface area contributed by atoms with Crippen LogP contribution < -0.4 is 10.3 Å². The van der Waals surface area contributed by atoms with Crippen LogP contribution in [0.1, 0.15) is 29.4 Å². The normalized spacial score (nSPS) is 18.7. The summed E-state index contributed by atoms with van der Waals surface area (Å²) in [5, 5.41) is 0. The van der Waals surface area contributed by atoms with Crippen molar-refractivity contribution in [3.63, 3.8) is 0 Å². The molecule has 6 nitrogen and oxygen atoms in total. The quantitative estimate of drug-likeness (QED) is 0.684. The average molecular weight is 424 g/mol. The molecule has 0 radical (unpaired) electrons. The van der Waals surface area contributed by atoms with E-state index >= 15 is 0 Å². The Hall–Kier alpha value is -2.77. The lowest BCUT2D eigenvalue weighted by Crippen LogP contribution is -2.49. The van der Waals surface area contributed by atoms with E-state index in [-0.39, 0.29) is 17.6 Å². The zero-order valence-electron chi connectivity index (χ0n) is 17.1. The van der Waals surface area contributed by atoms with Crippen molar-refractivity contribution in [1.82, 2.24) is 14.3 Å². The van der Waals surface area contributed by atoms with E-state index in [0.29, 0.717) is 30.7 Å². The average Bonchev–Trinajstić information content (AvgIpc) is 2.72. The summed E-state index contributed by atoms with van der Waals surface area (Å²) in [4.78, 5) is 17.4. The number of sulfonamides is 1. The summed E-state index contributed by atoms with van der Waals surface area (Å²) in [5.74, 6) is 0.710. The molecule has 1 N–H and O–H groups in total. The van der Waals surface area contributed by atoms with Gasteiger partial charge in [-0.05, 0) is 36.5 Å². The second-order valence-corrected chi connectivity index (χ2v) is 9.69. The first kappa shape index (κ1) is 20.5. The minimum absolute atomic E-state index is 0.107. The van der Waals surface area contributed by atoms with Crippen molar-refractivity contribution in [1.29, 1.82) is 0 Å². The molecule has 1 aliphatic heterocycles. The summed E-state index contributed by atoms with van der Waals surface area (Å²) in [6.07, 6.45) is 4.46. The molecule has 1 aliphatic rings. The lowest BCUT2D eigenvalue weighted by molar-refractivity contribution is 0.307. The molecule has 2 atom stereocenters. The standard InChI is InChI=1S/C23H25N3O3S/c1-16-15-24-22-12-11-20(25-30(2,28)29)21(26(22)23(16)27)14-17-7-6-10-19(13-17)18-8-4-3-5-9-18/h3-10,13,15,20-21,25H,11-12,14H2,1-2H3. The minimum atomic E-state index is -3.41. The summed E-state index contributed by atoms with van der Waals surface area (Å²) in [5.41, 5.74) is 3.70. The third-order valence-electron chi connectivity index (χ3n) is 5.56. The van der Waals surface area contributed by atoms with Crippen molar-refractivity contribution in [2.75, 3.05) is 6.26 Å². The molecule has 7 heteroatoms. The molecule has 4 rings (SSSR count). The second-order valence-electron chi connectivity index (χ2n) is 7.91. The lowest BCUT2D eigenvalue weighted by Gasteiger charge is -2.35. The Morgan fingerprint density at radius 1 is 1.10 bits per heavy atom. The van der Waals surface area contributed by atoms with Crippen LogP contribution in [0.3, 0.4) is 0 Å². The highest BCUT2D eigenvalue weighted by Gasteiger charge is 2.33. The number of hydrogen-bond acceptors (Lipinski definition) is 4. The number of nitrogens with one attached hydrogen (secondary N) is 1. The van der Waals surface area contributed by atoms with Gasteiger partial charge in [0.2, 0.25) is 10.0 Å². The van der Waals surface area contributed by atoms with Crippen LogP contribution in [0.4, 0.5) is 0 Å². The molecule has 2 aromatic carbocycles. The smallest absolute Gasteiger partial charge is 0.256 e. The number of aromatic nitrogens is 2. The van der Waals surface area contributed by atoms with E-state index in [1.54, 1.807) is 17.7 Å². The van der Waals surface area contributed by atoms with Gasteiger partial charge in [-0.3, -0.25) is 9.36 Å². The first-order valence-electron chi connectivity index (χ1n) is 10.0. The van der Waals surface area contributed by atoms with Crippen molar-refractivity contribution >= 4 is 10.0 Å². The Bertz CT molecular complexity index is 1220. The fourth-order valence-electron chi connectivity index (χ4n) is 4.18. The van der Waals surface area contributed by atoms with Crippen LogP contribution in [0, 0.1) is 6.92 Å². The molecule has 0 aliphatic carbocycles. The van der Waals surface area contributed by atoms with E-state index < -0.39 is 10.0 Å². The zero-order chi connectivity index (χ0) is 21.3. The molecular weight excluding hydrogens is 398 g/mol. The van der Waals surface area contributed by atoms with Crippen LogP contribution in [0.15, 0.2) is 65.6 Å². The summed E-state index contributed by atoms with van der Waals surface area (Å²) >= 11 is 0. The van der Waals surface area contributed by atoms with Crippen LogP contribution in [0.5, 0.6) is 0 Å². The molecule has 1 aromatic heterocycles. The molecule has 3 aromatic rings. The van der Waals surface area contributed by atoms with Gasteiger partial charge in [0, 0.05) is 24.2 Å². The van der Waals surface area contributed by atoms with E-state index in [0.717, 1.165) is 22.9 Å². The van der Waals surface area contributed by atoms with Crippen LogP contribution in [0.2, 0.25) is 0 Å². The molecule has 0 fully saturated rings. The summed E-state index contributed by atoms with van der Waals surface area (Å²) in [6.45, 7) is 1.74. The van der Waals surface area contributed by atoms with Gasteiger partial charge < -0.3 is 0 Å². The largest absolute Gasteiger partial charge is 0.291 e. The van der Waals surface area contributed by atoms with Gasteiger partial charge in [-0.15, -0.1) is 0 Å². The van der Waals surface area contributed by atoms with Gasteiger partial charge in [0.1, 0.15) is 5.82 Å². The molecule has 0 saturated heterocycles. The maximum Gasteiger partial charge on any atom is 0.256 e. The van der Waals surface area contributed by atoms with E-state index in [9.17, 15) is 13.2 Å². The maximum absolute atomic E-state index is 13.0. The highest BCUT2D eigenvalue weighted by Crippen LogP contribution is 2.28. The molecule has 0 amide bonds. The van der Waals surface area contributed by atoms with Crippen molar-refractivity contribution in [3.05, 3.63) is 88.1 Å². The fourth-order valence-corrected chi connectivity index (χ4v) is 5.00. The molecule has 0 saturated carbocycles. The third kappa shape index (κ3) is 4.37. The molecule has 2 unspecified atom stereocenters. The molecule has 0 spiro atoms. The van der Waals surface area contributed by atoms with E-state index in [4.69, 9.17) is 0 Å². The SMILES string of the molecule is Cc1cnc2n(c1=O)C(Cc1cccc(-c3ccccc3)c1)C(NS(C)(=O)=O)CC2. The highest BCUT2D eigenvalue weighted by molar-refractivity contribution is 7.88. The number of rotatable bonds is 5. The number of hydrogen-bond donors (Lipinski definition) is 1. The number of benzene rings is 2. The van der Waals surface area contributed by atoms with Crippen LogP contribution in [-0.4, -0.2) is 30.3 Å². The van der Waals surface area contributed by atoms with Gasteiger partial charge in [0.05, 0.1) is 12.3 Å². The molecule has 2 heterocycles. The van der Waals surface area contributed by atoms with E-state index in [2.05, 4.69) is 34.0 Å². The van der Waals surface area contributed by atoms with Gasteiger partial charge >= 0.3 is 0 Å². The Balaban J connectivity index is 1.75. The predicted molar refractivity (Wildman–Crippen MR) is 118 cm³/mol. The van der Waals surface area contributed by atoms with Crippen LogP contribution >= 0.6 is 0 Å². The number of aryl methyl sites for hydroxylation is 2. The maximum atomic E-state index is 13.0. The van der Waals surface area contributed by atoms with Crippen LogP contribution in [0.25, 0.3) is 11.1 Å². The van der Waals surface area contributed by atoms with E-state index in [1.165, 1.54) is 0 Å². The summed E-state index contributed by atoms with van der Waals surface area (Å²) < 4.78 is 28.4. The number of fused-ring (bicyclic) bond motifs is 1. The Morgan fingerprint density at radius 2 is 1.83 bits per heavy atom. The van der Waals surface area contributed by atoms with Gasteiger partial charge in [-0.25, -0.2) is 18.1 Å². The van der Waals surface area contributed by atoms with Gasteiger partial charge in [0.15, 0.2) is 0 Å². The number of nitrogens with zero attached hydrogens (tertiary/aromatic N) is 2. The molecule has 156 valence electrons. The Labute approximate surface area is 176 Å². The zero-order valence-corrected chi connectivity index (χ0v) is 17.9. The topological polar surface area (TPSA) is 81.1 Å². The van der Waals surface area contributed by atoms with Crippen molar-refractivity contribution in [2.45, 2.75) is 38.3 Å². The van der Waals surface area contributed by atoms with Crippen molar-refractivity contribution in [2.24, 2.45) is 0 Å². The molecule has 30 heavy (non-hydrogen) atoms. The molecule has 0 bridgehead atoms. The minimum Gasteiger partial charge on any atom is -0.291 e. The summed E-state index contributed by atoms with van der Waals surface area (Å²) in [6, 6.07) is 17.6. The van der Waals surface area contributed by atoms with Crippen molar-refractivity contribution in [3.8, 4) is 11.1 Å². The highest BCUT2D eigenvalue weighted by atomic mass is 32.2. The first-order valence-corrected chi connectivity index (χ1v) is 11.9. The Kier molecular flexibility index (Phi) is 5.58. The van der Waals surface area contributed by atoms with Gasteiger partial charge in [-0.1, -0.05) is 54.6 Å². The third-order valence-corrected chi connectivity index (χ3v) is 6.29. The van der Waals surface area contributed by atoms with Crippen molar-refractivity contribution < 1.29 is 8.42 Å². The van der Waals surface area contributed by atoms with E-state index in [1.807, 2.05) is 30.3 Å². The predicted octanol–water partition coefficient (Wildman–Crippen LogP) is 2.87. The monoisotopic (exact) mass is 423 g/mol. The fraction of sp³-hybridized carbons (Fsp3) is 0.304. The van der Waals surface area contributed by atoms with Gasteiger partial charge in [0.25, 0.3) is 5.56 Å². The molecular formula is C23H25N3O3S.